The number of nitrogens with zero attached hydrogens (tertiary/aromatic N) is 4. The Morgan fingerprint density at radius 2 is 1.52 bits per heavy atom. The number of benzene rings is 2. The number of aryl methyl sites for hydroxylation is 1. The molecule has 4 rings (SSSR count). The summed E-state index contributed by atoms with van der Waals surface area (Å²) in [5.74, 6) is 1.03. The highest BCUT2D eigenvalue weighted by atomic mass is 16.5. The van der Waals surface area contributed by atoms with E-state index in [0.29, 0.717) is 6.54 Å². The summed E-state index contributed by atoms with van der Waals surface area (Å²) in [7, 11) is 0. The highest BCUT2D eigenvalue weighted by Crippen LogP contribution is 2.13. The second-order valence-electron chi connectivity index (χ2n) is 8.20. The van der Waals surface area contributed by atoms with Crippen molar-refractivity contribution in [1.29, 1.82) is 0 Å². The maximum atomic E-state index is 13.1. The molecule has 1 amide bonds. The number of aromatic nitrogens is 1. The van der Waals surface area contributed by atoms with Gasteiger partial charge in [-0.2, -0.15) is 0 Å². The molecule has 0 atom stereocenters. The molecule has 6 heteroatoms. The molecule has 162 valence electrons. The number of amides is 1. The van der Waals surface area contributed by atoms with Crippen molar-refractivity contribution < 1.29 is 9.32 Å². The van der Waals surface area contributed by atoms with Crippen LogP contribution in [0.3, 0.4) is 0 Å². The van der Waals surface area contributed by atoms with Gasteiger partial charge in [-0.3, -0.25) is 14.6 Å². The molecule has 2 aromatic carbocycles. The van der Waals surface area contributed by atoms with Gasteiger partial charge >= 0.3 is 0 Å². The molecule has 1 aromatic heterocycles. The lowest BCUT2D eigenvalue weighted by atomic mass is 10.1. The molecular formula is C25H30N4O2. The minimum atomic E-state index is 0.198. The van der Waals surface area contributed by atoms with E-state index in [4.69, 9.17) is 4.52 Å². The van der Waals surface area contributed by atoms with Gasteiger partial charge in [-0.1, -0.05) is 65.8 Å². The van der Waals surface area contributed by atoms with E-state index in [9.17, 15) is 4.79 Å². The summed E-state index contributed by atoms with van der Waals surface area (Å²) >= 11 is 0. The molecule has 2 heterocycles. The minimum absolute atomic E-state index is 0.198. The van der Waals surface area contributed by atoms with Gasteiger partial charge in [0.1, 0.15) is 5.76 Å². The molecule has 0 saturated carbocycles. The maximum absolute atomic E-state index is 13.1. The van der Waals surface area contributed by atoms with Crippen molar-refractivity contribution in [1.82, 2.24) is 19.9 Å². The van der Waals surface area contributed by atoms with E-state index < -0.39 is 0 Å². The first kappa shape index (κ1) is 21.3. The molecular weight excluding hydrogens is 388 g/mol. The zero-order valence-electron chi connectivity index (χ0n) is 18.1. The summed E-state index contributed by atoms with van der Waals surface area (Å²) in [5.41, 5.74) is 3.40. The summed E-state index contributed by atoms with van der Waals surface area (Å²) in [6.07, 6.45) is 0. The van der Waals surface area contributed by atoms with Gasteiger partial charge in [0.2, 0.25) is 5.91 Å². The van der Waals surface area contributed by atoms with Crippen LogP contribution >= 0.6 is 0 Å². The van der Waals surface area contributed by atoms with Crippen LogP contribution in [0.4, 0.5) is 0 Å². The van der Waals surface area contributed by atoms with Crippen LogP contribution < -0.4 is 0 Å². The number of carbonyl (C=O) groups excluding carboxylic acids is 1. The van der Waals surface area contributed by atoms with Crippen LogP contribution in [0.25, 0.3) is 0 Å². The number of carbonyl (C=O) groups is 1. The van der Waals surface area contributed by atoms with Gasteiger partial charge in [0.25, 0.3) is 0 Å². The van der Waals surface area contributed by atoms with E-state index in [2.05, 4.69) is 39.2 Å². The van der Waals surface area contributed by atoms with Crippen LogP contribution in [0, 0.1) is 6.92 Å². The van der Waals surface area contributed by atoms with Crippen molar-refractivity contribution in [2.45, 2.75) is 26.6 Å². The second kappa shape index (κ2) is 10.4. The first-order valence-corrected chi connectivity index (χ1v) is 10.9. The third kappa shape index (κ3) is 6.26. The van der Waals surface area contributed by atoms with E-state index >= 15 is 0 Å². The van der Waals surface area contributed by atoms with Crippen LogP contribution in [-0.2, 0) is 24.4 Å². The van der Waals surface area contributed by atoms with Gasteiger partial charge in [-0.05, 0) is 18.1 Å². The lowest BCUT2D eigenvalue weighted by Gasteiger charge is -2.35. The lowest BCUT2D eigenvalue weighted by Crippen LogP contribution is -2.50. The van der Waals surface area contributed by atoms with Crippen molar-refractivity contribution in [3.05, 3.63) is 89.3 Å². The van der Waals surface area contributed by atoms with Crippen LogP contribution in [0.5, 0.6) is 0 Å². The fourth-order valence-electron chi connectivity index (χ4n) is 4.02. The summed E-state index contributed by atoms with van der Waals surface area (Å²) in [4.78, 5) is 19.6. The molecule has 1 aliphatic heterocycles. The van der Waals surface area contributed by atoms with E-state index in [1.165, 1.54) is 11.1 Å². The Bertz CT molecular complexity index is 908. The zero-order valence-corrected chi connectivity index (χ0v) is 18.1. The van der Waals surface area contributed by atoms with E-state index in [0.717, 1.165) is 57.3 Å². The molecule has 0 aliphatic carbocycles. The van der Waals surface area contributed by atoms with E-state index in [1.807, 2.05) is 54.3 Å². The largest absolute Gasteiger partial charge is 0.361 e. The smallest absolute Gasteiger partial charge is 0.236 e. The molecule has 1 fully saturated rings. The molecule has 0 N–H and O–H groups in total. The number of hydrogen-bond donors (Lipinski definition) is 0. The fourth-order valence-corrected chi connectivity index (χ4v) is 4.02. The van der Waals surface area contributed by atoms with Crippen molar-refractivity contribution in [3.8, 4) is 0 Å². The third-order valence-corrected chi connectivity index (χ3v) is 5.64. The van der Waals surface area contributed by atoms with Gasteiger partial charge in [0.05, 0.1) is 12.2 Å². The van der Waals surface area contributed by atoms with Crippen molar-refractivity contribution in [2.75, 3.05) is 32.7 Å². The van der Waals surface area contributed by atoms with Gasteiger partial charge in [-0.25, -0.2) is 0 Å². The highest BCUT2D eigenvalue weighted by Gasteiger charge is 2.23. The van der Waals surface area contributed by atoms with Crippen LogP contribution in [-0.4, -0.2) is 58.5 Å². The Hall–Kier alpha value is -2.96. The monoisotopic (exact) mass is 418 g/mol. The van der Waals surface area contributed by atoms with Crippen molar-refractivity contribution in [3.63, 3.8) is 0 Å². The topological polar surface area (TPSA) is 52.8 Å². The van der Waals surface area contributed by atoms with E-state index in [1.54, 1.807) is 0 Å². The van der Waals surface area contributed by atoms with Crippen LogP contribution in [0.1, 0.15) is 22.6 Å². The maximum Gasteiger partial charge on any atom is 0.236 e. The Morgan fingerprint density at radius 1 is 0.935 bits per heavy atom. The molecule has 1 saturated heterocycles. The molecule has 0 spiro atoms. The third-order valence-electron chi connectivity index (χ3n) is 5.64. The second-order valence-corrected chi connectivity index (χ2v) is 8.20. The Labute approximate surface area is 184 Å². The fraction of sp³-hybridized carbons (Fsp3) is 0.360. The summed E-state index contributed by atoms with van der Waals surface area (Å²) in [6.45, 7) is 7.83. The lowest BCUT2D eigenvalue weighted by molar-refractivity contribution is -0.134. The predicted octanol–water partition coefficient (Wildman–Crippen LogP) is 3.33. The summed E-state index contributed by atoms with van der Waals surface area (Å²) < 4.78 is 5.16. The molecule has 3 aromatic rings. The quantitative estimate of drug-likeness (QED) is 0.562. The molecule has 0 unspecified atom stereocenters. The zero-order chi connectivity index (χ0) is 21.5. The first-order chi connectivity index (χ1) is 15.2. The van der Waals surface area contributed by atoms with Gasteiger partial charge in [0, 0.05) is 51.9 Å². The normalized spacial score (nSPS) is 14.8. The number of hydrogen-bond acceptors (Lipinski definition) is 5. The van der Waals surface area contributed by atoms with Crippen molar-refractivity contribution in [2.24, 2.45) is 0 Å². The minimum Gasteiger partial charge on any atom is -0.361 e. The summed E-state index contributed by atoms with van der Waals surface area (Å²) in [5, 5.41) is 4.08. The van der Waals surface area contributed by atoms with Crippen LogP contribution in [0.2, 0.25) is 0 Å². The predicted molar refractivity (Wildman–Crippen MR) is 120 cm³/mol. The number of piperazine rings is 1. The molecule has 31 heavy (non-hydrogen) atoms. The van der Waals surface area contributed by atoms with Gasteiger partial charge < -0.3 is 9.42 Å². The van der Waals surface area contributed by atoms with Crippen LogP contribution in [0.15, 0.2) is 71.3 Å². The Morgan fingerprint density at radius 3 is 2.03 bits per heavy atom. The molecule has 0 bridgehead atoms. The Kier molecular flexibility index (Phi) is 7.12. The Balaban J connectivity index is 1.33. The molecule has 1 aliphatic rings. The van der Waals surface area contributed by atoms with Crippen molar-refractivity contribution >= 4 is 5.91 Å². The summed E-state index contributed by atoms with van der Waals surface area (Å²) in [6, 6.07) is 22.7. The average Bonchev–Trinajstić information content (AvgIpc) is 3.20. The standard InChI is InChI=1S/C25H30N4O2/c1-21-16-24(26-31-21)19-27-12-14-29(15-13-27)25(30)20-28(17-22-8-4-2-5-9-22)18-23-10-6-3-7-11-23/h2-11,16H,12-15,17-20H2,1H3. The van der Waals surface area contributed by atoms with Gasteiger partial charge in [-0.15, -0.1) is 0 Å². The molecule has 6 nitrogen and oxygen atoms in total. The van der Waals surface area contributed by atoms with Gasteiger partial charge in [0.15, 0.2) is 0 Å². The highest BCUT2D eigenvalue weighted by molar-refractivity contribution is 5.78. The molecule has 0 radical (unpaired) electrons. The van der Waals surface area contributed by atoms with E-state index in [-0.39, 0.29) is 5.91 Å². The average molecular weight is 419 g/mol. The first-order valence-electron chi connectivity index (χ1n) is 10.9. The SMILES string of the molecule is Cc1cc(CN2CCN(C(=O)CN(Cc3ccccc3)Cc3ccccc3)CC2)no1. The number of rotatable bonds is 8.